The molecule has 14 heavy (non-hydrogen) atoms. The Balaban J connectivity index is 2.57. The Morgan fingerprint density at radius 1 is 1.50 bits per heavy atom. The van der Waals surface area contributed by atoms with Crippen molar-refractivity contribution >= 4 is 0 Å². The molecule has 1 aromatic rings. The smallest absolute Gasteiger partial charge is 0.232 e. The second-order valence-electron chi connectivity index (χ2n) is 2.94. The summed E-state index contributed by atoms with van der Waals surface area (Å²) >= 11 is 0. The molecule has 0 spiro atoms. The highest BCUT2D eigenvalue weighted by atomic mass is 16.5. The second-order valence-corrected chi connectivity index (χ2v) is 2.94. The van der Waals surface area contributed by atoms with Crippen LogP contribution >= 0.6 is 0 Å². The van der Waals surface area contributed by atoms with Gasteiger partial charge < -0.3 is 15.2 Å². The van der Waals surface area contributed by atoms with E-state index in [9.17, 15) is 0 Å². The van der Waals surface area contributed by atoms with Gasteiger partial charge >= 0.3 is 0 Å². The van der Waals surface area contributed by atoms with Crippen molar-refractivity contribution in [1.29, 1.82) is 0 Å². The first kappa shape index (κ1) is 10.9. The third-order valence-electron chi connectivity index (χ3n) is 1.59. The molecule has 0 radical (unpaired) electrons. The lowest BCUT2D eigenvalue weighted by atomic mass is 10.4. The van der Waals surface area contributed by atoms with E-state index in [4.69, 9.17) is 15.2 Å². The summed E-state index contributed by atoms with van der Waals surface area (Å²) in [6.45, 7) is 2.79. The maximum Gasteiger partial charge on any atom is 0.232 e. The van der Waals surface area contributed by atoms with Gasteiger partial charge in [0.05, 0.1) is 18.5 Å². The number of nitrogens with two attached hydrogens (primary N) is 1. The minimum Gasteiger partial charge on any atom is -0.471 e. The molecule has 0 saturated heterocycles. The minimum absolute atomic E-state index is 0.0395. The molecule has 1 atom stereocenters. The maximum absolute atomic E-state index is 5.44. The van der Waals surface area contributed by atoms with Crippen LogP contribution in [0.4, 0.5) is 0 Å². The summed E-state index contributed by atoms with van der Waals surface area (Å²) < 4.78 is 10.4. The Bertz CT molecular complexity index is 281. The number of rotatable bonds is 5. The Kier molecular flexibility index (Phi) is 4.28. The van der Waals surface area contributed by atoms with Crippen LogP contribution in [-0.4, -0.2) is 29.8 Å². The standard InChI is InChI=1S/C9H15N3O2/c1-7(6-13-2)14-9-5-11-4-8(3-10)12-9/h4-5,7H,3,6,10H2,1-2H3. The summed E-state index contributed by atoms with van der Waals surface area (Å²) in [5, 5.41) is 0. The third-order valence-corrected chi connectivity index (χ3v) is 1.59. The summed E-state index contributed by atoms with van der Waals surface area (Å²) in [7, 11) is 1.63. The number of nitrogens with zero attached hydrogens (tertiary/aromatic N) is 2. The lowest BCUT2D eigenvalue weighted by molar-refractivity contribution is 0.0885. The average Bonchev–Trinajstić information content (AvgIpc) is 2.18. The molecule has 0 saturated carbocycles. The van der Waals surface area contributed by atoms with Gasteiger partial charge in [-0.15, -0.1) is 0 Å². The molecule has 0 aromatic carbocycles. The van der Waals surface area contributed by atoms with Crippen LogP contribution in [-0.2, 0) is 11.3 Å². The van der Waals surface area contributed by atoms with Crippen molar-refractivity contribution in [3.05, 3.63) is 18.1 Å². The van der Waals surface area contributed by atoms with Crippen molar-refractivity contribution in [2.45, 2.75) is 19.6 Å². The molecule has 0 aliphatic rings. The molecule has 0 amide bonds. The van der Waals surface area contributed by atoms with Gasteiger partial charge in [-0.2, -0.15) is 0 Å². The molecule has 1 rings (SSSR count). The van der Waals surface area contributed by atoms with Gasteiger partial charge in [0.25, 0.3) is 0 Å². The van der Waals surface area contributed by atoms with Gasteiger partial charge in [0, 0.05) is 19.9 Å². The fourth-order valence-corrected chi connectivity index (χ4v) is 1.02. The van der Waals surface area contributed by atoms with Crippen molar-refractivity contribution < 1.29 is 9.47 Å². The number of hydrogen-bond donors (Lipinski definition) is 1. The van der Waals surface area contributed by atoms with Gasteiger partial charge in [-0.1, -0.05) is 0 Å². The van der Waals surface area contributed by atoms with Crippen molar-refractivity contribution in [3.8, 4) is 5.88 Å². The number of hydrogen-bond acceptors (Lipinski definition) is 5. The molecule has 1 heterocycles. The molecule has 1 unspecified atom stereocenters. The summed E-state index contributed by atoms with van der Waals surface area (Å²) in [5.41, 5.74) is 6.14. The molecule has 0 aliphatic heterocycles. The minimum atomic E-state index is -0.0395. The molecule has 78 valence electrons. The van der Waals surface area contributed by atoms with E-state index in [0.717, 1.165) is 0 Å². The lowest BCUT2D eigenvalue weighted by Gasteiger charge is -2.12. The van der Waals surface area contributed by atoms with Gasteiger partial charge in [-0.05, 0) is 6.92 Å². The predicted molar refractivity (Wildman–Crippen MR) is 51.9 cm³/mol. The third kappa shape index (κ3) is 3.27. The summed E-state index contributed by atoms with van der Waals surface area (Å²) in [4.78, 5) is 8.11. The van der Waals surface area contributed by atoms with Crippen LogP contribution in [0.1, 0.15) is 12.6 Å². The number of ether oxygens (including phenoxy) is 2. The summed E-state index contributed by atoms with van der Waals surface area (Å²) in [6.07, 6.45) is 3.14. The SMILES string of the molecule is COCC(C)Oc1cncc(CN)n1. The van der Waals surface area contributed by atoms with E-state index in [1.165, 1.54) is 0 Å². The van der Waals surface area contributed by atoms with E-state index in [2.05, 4.69) is 9.97 Å². The molecule has 2 N–H and O–H groups in total. The Morgan fingerprint density at radius 2 is 2.29 bits per heavy atom. The van der Waals surface area contributed by atoms with Crippen LogP contribution in [0.2, 0.25) is 0 Å². The van der Waals surface area contributed by atoms with Crippen molar-refractivity contribution in [2.24, 2.45) is 5.73 Å². The zero-order valence-corrected chi connectivity index (χ0v) is 8.43. The molecule has 0 fully saturated rings. The highest BCUT2D eigenvalue weighted by molar-refractivity contribution is 5.08. The molecule has 5 nitrogen and oxygen atoms in total. The van der Waals surface area contributed by atoms with E-state index in [-0.39, 0.29) is 6.10 Å². The van der Waals surface area contributed by atoms with Crippen LogP contribution in [0.5, 0.6) is 5.88 Å². The van der Waals surface area contributed by atoms with Gasteiger partial charge in [-0.25, -0.2) is 4.98 Å². The fourth-order valence-electron chi connectivity index (χ4n) is 1.02. The zero-order valence-electron chi connectivity index (χ0n) is 8.43. The number of aromatic nitrogens is 2. The van der Waals surface area contributed by atoms with E-state index in [1.807, 2.05) is 6.92 Å². The summed E-state index contributed by atoms with van der Waals surface area (Å²) in [5.74, 6) is 0.484. The zero-order chi connectivity index (χ0) is 10.4. The largest absolute Gasteiger partial charge is 0.471 e. The molecule has 1 aromatic heterocycles. The van der Waals surface area contributed by atoms with Crippen LogP contribution in [0.25, 0.3) is 0 Å². The highest BCUT2D eigenvalue weighted by Crippen LogP contribution is 2.07. The molecule has 5 heteroatoms. The fraction of sp³-hybridized carbons (Fsp3) is 0.556. The first-order valence-electron chi connectivity index (χ1n) is 4.43. The quantitative estimate of drug-likeness (QED) is 0.737. The topological polar surface area (TPSA) is 70.3 Å². The first-order chi connectivity index (χ1) is 6.76. The number of methoxy groups -OCH3 is 1. The van der Waals surface area contributed by atoms with Crippen molar-refractivity contribution in [1.82, 2.24) is 9.97 Å². The predicted octanol–water partition coefficient (Wildman–Crippen LogP) is 0.349. The first-order valence-corrected chi connectivity index (χ1v) is 4.43. The second kappa shape index (κ2) is 5.51. The van der Waals surface area contributed by atoms with Crippen molar-refractivity contribution in [3.63, 3.8) is 0 Å². The highest BCUT2D eigenvalue weighted by Gasteiger charge is 2.04. The van der Waals surface area contributed by atoms with Crippen LogP contribution in [0, 0.1) is 0 Å². The normalized spacial score (nSPS) is 12.5. The Hall–Kier alpha value is -1.20. The van der Waals surface area contributed by atoms with Gasteiger partial charge in [-0.3, -0.25) is 4.98 Å². The monoisotopic (exact) mass is 197 g/mol. The van der Waals surface area contributed by atoms with E-state index in [1.54, 1.807) is 19.5 Å². The molecule has 0 bridgehead atoms. The van der Waals surface area contributed by atoms with E-state index < -0.39 is 0 Å². The van der Waals surface area contributed by atoms with Crippen LogP contribution in [0.15, 0.2) is 12.4 Å². The average molecular weight is 197 g/mol. The Labute approximate surface area is 83.3 Å². The van der Waals surface area contributed by atoms with Crippen molar-refractivity contribution in [2.75, 3.05) is 13.7 Å². The van der Waals surface area contributed by atoms with Gasteiger partial charge in [0.15, 0.2) is 0 Å². The lowest BCUT2D eigenvalue weighted by Crippen LogP contribution is -2.19. The summed E-state index contributed by atoms with van der Waals surface area (Å²) in [6, 6.07) is 0. The van der Waals surface area contributed by atoms with Gasteiger partial charge in [0.1, 0.15) is 6.10 Å². The molecular weight excluding hydrogens is 182 g/mol. The van der Waals surface area contributed by atoms with Crippen LogP contribution < -0.4 is 10.5 Å². The van der Waals surface area contributed by atoms with E-state index >= 15 is 0 Å². The Morgan fingerprint density at radius 3 is 2.93 bits per heavy atom. The molecular formula is C9H15N3O2. The molecule has 0 aliphatic carbocycles. The van der Waals surface area contributed by atoms with Crippen LogP contribution in [0.3, 0.4) is 0 Å². The van der Waals surface area contributed by atoms with Gasteiger partial charge in [0.2, 0.25) is 5.88 Å². The van der Waals surface area contributed by atoms with E-state index in [0.29, 0.717) is 24.7 Å². The maximum atomic E-state index is 5.44.